The highest BCUT2D eigenvalue weighted by Gasteiger charge is 2.06. The summed E-state index contributed by atoms with van der Waals surface area (Å²) in [7, 11) is 1.40. The fourth-order valence-electron chi connectivity index (χ4n) is 2.10. The highest BCUT2D eigenvalue weighted by molar-refractivity contribution is 6.35. The summed E-state index contributed by atoms with van der Waals surface area (Å²) in [5.74, 6) is -0.294. The summed E-state index contributed by atoms with van der Waals surface area (Å²) in [6.45, 7) is 0.638. The van der Waals surface area contributed by atoms with E-state index in [4.69, 9.17) is 27.9 Å². The number of carbonyl (C=O) groups is 1. The minimum Gasteiger partial charge on any atom is -0.494 e. The second kappa shape index (κ2) is 8.76. The van der Waals surface area contributed by atoms with Crippen molar-refractivity contribution in [2.75, 3.05) is 13.7 Å². The van der Waals surface area contributed by atoms with Crippen molar-refractivity contribution >= 4 is 29.2 Å². The lowest BCUT2D eigenvalue weighted by Crippen LogP contribution is -2.36. The van der Waals surface area contributed by atoms with Crippen LogP contribution < -0.4 is 15.4 Å². The summed E-state index contributed by atoms with van der Waals surface area (Å²) in [4.78, 5) is 11.8. The fraction of sp³-hybridized carbons (Fsp3) is 0.235. The van der Waals surface area contributed by atoms with Crippen molar-refractivity contribution in [3.05, 3.63) is 63.4 Å². The number of nitrogens with one attached hydrogen (secondary N) is 2. The van der Waals surface area contributed by atoms with Gasteiger partial charge >= 0.3 is 6.03 Å². The van der Waals surface area contributed by atoms with Crippen molar-refractivity contribution in [2.24, 2.45) is 0 Å². The zero-order chi connectivity index (χ0) is 17.5. The number of ether oxygens (including phenoxy) is 1. The maximum atomic E-state index is 13.6. The SMILES string of the molecule is COc1ccc(CNC(=O)NCCc2ccc(Cl)cc2Cl)cc1F. The van der Waals surface area contributed by atoms with E-state index in [-0.39, 0.29) is 18.3 Å². The van der Waals surface area contributed by atoms with Crippen molar-refractivity contribution in [3.8, 4) is 5.75 Å². The van der Waals surface area contributed by atoms with Gasteiger partial charge in [-0.25, -0.2) is 9.18 Å². The van der Waals surface area contributed by atoms with Crippen LogP contribution in [0.3, 0.4) is 0 Å². The molecule has 0 aliphatic carbocycles. The first kappa shape index (κ1) is 18.4. The molecule has 2 amide bonds. The van der Waals surface area contributed by atoms with Crippen molar-refractivity contribution in [3.63, 3.8) is 0 Å². The van der Waals surface area contributed by atoms with E-state index in [2.05, 4.69) is 10.6 Å². The Labute approximate surface area is 149 Å². The van der Waals surface area contributed by atoms with Gasteiger partial charge in [-0.1, -0.05) is 35.3 Å². The number of rotatable bonds is 6. The second-order valence-electron chi connectivity index (χ2n) is 5.06. The Bertz CT molecular complexity index is 726. The maximum Gasteiger partial charge on any atom is 0.315 e. The van der Waals surface area contributed by atoms with Crippen LogP contribution in [0.25, 0.3) is 0 Å². The molecule has 0 aromatic heterocycles. The van der Waals surface area contributed by atoms with Crippen LogP contribution in [-0.4, -0.2) is 19.7 Å². The third-order valence-electron chi connectivity index (χ3n) is 3.36. The third kappa shape index (κ3) is 5.28. The van der Waals surface area contributed by atoms with Gasteiger partial charge in [-0.15, -0.1) is 0 Å². The smallest absolute Gasteiger partial charge is 0.315 e. The van der Waals surface area contributed by atoms with Gasteiger partial charge in [0.05, 0.1) is 7.11 Å². The minimum absolute atomic E-state index is 0.169. The number of hydrogen-bond acceptors (Lipinski definition) is 2. The summed E-state index contributed by atoms with van der Waals surface area (Å²) in [5, 5.41) is 6.52. The molecular formula is C17H17Cl2FN2O2. The van der Waals surface area contributed by atoms with Gasteiger partial charge in [0.15, 0.2) is 11.6 Å². The van der Waals surface area contributed by atoms with E-state index in [0.29, 0.717) is 28.6 Å². The zero-order valence-electron chi connectivity index (χ0n) is 13.0. The molecule has 0 unspecified atom stereocenters. The molecule has 0 atom stereocenters. The number of benzene rings is 2. The molecule has 0 radical (unpaired) electrons. The first-order valence-electron chi connectivity index (χ1n) is 7.27. The number of amides is 2. The molecule has 0 fully saturated rings. The van der Waals surface area contributed by atoms with Crippen LogP contribution in [0.5, 0.6) is 5.75 Å². The fourth-order valence-corrected chi connectivity index (χ4v) is 2.60. The Hall–Kier alpha value is -1.98. The molecule has 0 aliphatic heterocycles. The highest BCUT2D eigenvalue weighted by Crippen LogP contribution is 2.21. The summed E-state index contributed by atoms with van der Waals surface area (Å²) >= 11 is 11.9. The predicted molar refractivity (Wildman–Crippen MR) is 93.4 cm³/mol. The predicted octanol–water partition coefficient (Wildman–Crippen LogP) is 4.18. The summed E-state index contributed by atoms with van der Waals surface area (Å²) < 4.78 is 18.4. The maximum absolute atomic E-state index is 13.6. The van der Waals surface area contributed by atoms with Gasteiger partial charge in [0.1, 0.15) is 0 Å². The van der Waals surface area contributed by atoms with E-state index >= 15 is 0 Å². The molecular weight excluding hydrogens is 354 g/mol. The Morgan fingerprint density at radius 2 is 1.96 bits per heavy atom. The molecule has 0 saturated carbocycles. The number of halogens is 3. The number of carbonyl (C=O) groups excluding carboxylic acids is 1. The average Bonchev–Trinajstić information content (AvgIpc) is 2.55. The molecule has 0 saturated heterocycles. The number of hydrogen-bond donors (Lipinski definition) is 2. The first-order chi connectivity index (χ1) is 11.5. The Morgan fingerprint density at radius 3 is 2.62 bits per heavy atom. The molecule has 128 valence electrons. The molecule has 2 aromatic carbocycles. The standard InChI is InChI=1S/C17H17Cl2FN2O2/c1-24-16-5-2-11(8-15(16)20)10-22-17(23)21-7-6-12-3-4-13(18)9-14(12)19/h2-5,8-9H,6-7,10H2,1H3,(H2,21,22,23). The first-order valence-corrected chi connectivity index (χ1v) is 8.03. The molecule has 0 spiro atoms. The van der Waals surface area contributed by atoms with E-state index in [1.165, 1.54) is 19.2 Å². The zero-order valence-corrected chi connectivity index (χ0v) is 14.5. The number of methoxy groups -OCH3 is 1. The van der Waals surface area contributed by atoms with Crippen molar-refractivity contribution < 1.29 is 13.9 Å². The van der Waals surface area contributed by atoms with Crippen LogP contribution in [-0.2, 0) is 13.0 Å². The molecule has 2 rings (SSSR count). The molecule has 0 bridgehead atoms. The molecule has 7 heteroatoms. The Balaban J connectivity index is 1.76. The van der Waals surface area contributed by atoms with E-state index in [1.807, 2.05) is 6.07 Å². The quantitative estimate of drug-likeness (QED) is 0.800. The van der Waals surface area contributed by atoms with Gasteiger partial charge in [0, 0.05) is 23.1 Å². The Morgan fingerprint density at radius 1 is 1.17 bits per heavy atom. The minimum atomic E-state index is -0.463. The second-order valence-corrected chi connectivity index (χ2v) is 5.91. The topological polar surface area (TPSA) is 50.4 Å². The van der Waals surface area contributed by atoms with Gasteiger partial charge in [0.25, 0.3) is 0 Å². The summed E-state index contributed by atoms with van der Waals surface area (Å²) in [6, 6.07) is 9.44. The Kier molecular flexibility index (Phi) is 6.70. The lowest BCUT2D eigenvalue weighted by molar-refractivity contribution is 0.240. The third-order valence-corrected chi connectivity index (χ3v) is 3.95. The number of urea groups is 1. The van der Waals surface area contributed by atoms with Crippen LogP contribution in [0.2, 0.25) is 10.0 Å². The van der Waals surface area contributed by atoms with Gasteiger partial charge < -0.3 is 15.4 Å². The van der Waals surface area contributed by atoms with Crippen LogP contribution in [0, 0.1) is 5.82 Å². The average molecular weight is 371 g/mol. The van der Waals surface area contributed by atoms with E-state index in [1.54, 1.807) is 18.2 Å². The molecule has 4 nitrogen and oxygen atoms in total. The van der Waals surface area contributed by atoms with Crippen molar-refractivity contribution in [2.45, 2.75) is 13.0 Å². The summed E-state index contributed by atoms with van der Waals surface area (Å²) in [6.07, 6.45) is 0.584. The van der Waals surface area contributed by atoms with Crippen LogP contribution >= 0.6 is 23.2 Å². The van der Waals surface area contributed by atoms with Crippen LogP contribution in [0.4, 0.5) is 9.18 Å². The normalized spacial score (nSPS) is 10.3. The van der Waals surface area contributed by atoms with E-state index in [0.717, 1.165) is 5.56 Å². The van der Waals surface area contributed by atoms with Gasteiger partial charge in [-0.05, 0) is 41.8 Å². The highest BCUT2D eigenvalue weighted by atomic mass is 35.5. The molecule has 2 aromatic rings. The molecule has 24 heavy (non-hydrogen) atoms. The van der Waals surface area contributed by atoms with E-state index < -0.39 is 5.82 Å². The van der Waals surface area contributed by atoms with Crippen molar-refractivity contribution in [1.82, 2.24) is 10.6 Å². The molecule has 0 heterocycles. The van der Waals surface area contributed by atoms with Crippen molar-refractivity contribution in [1.29, 1.82) is 0 Å². The van der Waals surface area contributed by atoms with Gasteiger partial charge in [-0.2, -0.15) is 0 Å². The van der Waals surface area contributed by atoms with Gasteiger partial charge in [-0.3, -0.25) is 0 Å². The lowest BCUT2D eigenvalue weighted by atomic mass is 10.1. The molecule has 0 aliphatic rings. The monoisotopic (exact) mass is 370 g/mol. The van der Waals surface area contributed by atoms with E-state index in [9.17, 15) is 9.18 Å². The van der Waals surface area contributed by atoms with Crippen LogP contribution in [0.1, 0.15) is 11.1 Å². The lowest BCUT2D eigenvalue weighted by Gasteiger charge is -2.09. The van der Waals surface area contributed by atoms with Gasteiger partial charge in [0.2, 0.25) is 0 Å². The summed E-state index contributed by atoms with van der Waals surface area (Å²) in [5.41, 5.74) is 1.54. The largest absolute Gasteiger partial charge is 0.494 e. The van der Waals surface area contributed by atoms with Crippen LogP contribution in [0.15, 0.2) is 36.4 Å². The molecule has 2 N–H and O–H groups in total.